The number of aromatic nitrogens is 2. The number of amides is 1. The quantitative estimate of drug-likeness (QED) is 0.278. The second-order valence-corrected chi connectivity index (χ2v) is 9.72. The molecule has 1 aliphatic carbocycles. The van der Waals surface area contributed by atoms with Crippen molar-refractivity contribution in [2.24, 2.45) is 5.92 Å². The number of alkyl halides is 2. The topological polar surface area (TPSA) is 111 Å². The number of halogens is 2. The Morgan fingerprint density at radius 2 is 1.79 bits per heavy atom. The van der Waals surface area contributed by atoms with Gasteiger partial charge in [0, 0.05) is 58.7 Å². The van der Waals surface area contributed by atoms with E-state index in [2.05, 4.69) is 20.6 Å². The zero-order valence-electron chi connectivity index (χ0n) is 20.8. The number of hydrogen-bond acceptors (Lipinski definition) is 7. The molecule has 0 saturated heterocycles. The lowest BCUT2D eigenvalue weighted by Crippen LogP contribution is -2.38. The monoisotopic (exact) mass is 529 g/mol. The van der Waals surface area contributed by atoms with Gasteiger partial charge in [0.05, 0.1) is 12.3 Å². The maximum absolute atomic E-state index is 13.3. The van der Waals surface area contributed by atoms with Crippen LogP contribution in [0.25, 0.3) is 11.3 Å². The summed E-state index contributed by atoms with van der Waals surface area (Å²) in [4.78, 5) is 21.7. The zero-order chi connectivity index (χ0) is 27.0. The Balaban J connectivity index is 1.34. The van der Waals surface area contributed by atoms with E-state index in [-0.39, 0.29) is 37.9 Å². The van der Waals surface area contributed by atoms with E-state index in [0.717, 1.165) is 5.56 Å². The Bertz CT molecular complexity index is 1540. The van der Waals surface area contributed by atoms with E-state index >= 15 is 0 Å². The molecule has 8 nitrogen and oxygen atoms in total. The lowest BCUT2D eigenvalue weighted by molar-refractivity contribution is -0.119. The van der Waals surface area contributed by atoms with Crippen molar-refractivity contribution in [1.29, 1.82) is 0 Å². The summed E-state index contributed by atoms with van der Waals surface area (Å²) in [7, 11) is 0. The first-order chi connectivity index (χ1) is 18.8. The van der Waals surface area contributed by atoms with Crippen LogP contribution >= 0.6 is 0 Å². The number of nitrogen functional groups attached to an aromatic ring is 1. The van der Waals surface area contributed by atoms with E-state index in [1.54, 1.807) is 60.8 Å². The van der Waals surface area contributed by atoms with Gasteiger partial charge in [-0.05, 0) is 66.7 Å². The molecule has 8 bridgehead atoms. The number of rotatable bonds is 3. The lowest BCUT2D eigenvalue weighted by Gasteiger charge is -2.34. The summed E-state index contributed by atoms with van der Waals surface area (Å²) in [5, 5.41) is 6.06. The smallest absolute Gasteiger partial charge is 0.255 e. The number of hydrogen-bond donors (Lipinski definition) is 3. The van der Waals surface area contributed by atoms with Gasteiger partial charge in [0.1, 0.15) is 18.1 Å². The molecule has 1 amide bonds. The lowest BCUT2D eigenvalue weighted by atomic mass is 9.82. The third-order valence-electron chi connectivity index (χ3n) is 6.72. The molecule has 0 unspecified atom stereocenters. The summed E-state index contributed by atoms with van der Waals surface area (Å²) in [6, 6.07) is 19.2. The van der Waals surface area contributed by atoms with E-state index in [1.807, 2.05) is 12.1 Å². The maximum Gasteiger partial charge on any atom is 0.255 e. The number of carbonyl (C=O) groups is 1. The highest BCUT2D eigenvalue weighted by molar-refractivity contribution is 6.05. The van der Waals surface area contributed by atoms with Gasteiger partial charge in [-0.15, -0.1) is 0 Å². The van der Waals surface area contributed by atoms with Gasteiger partial charge < -0.3 is 25.8 Å². The summed E-state index contributed by atoms with van der Waals surface area (Å²) in [5.41, 5.74) is 10.4. The minimum Gasteiger partial charge on any atom is -0.493 e. The highest BCUT2D eigenvalue weighted by atomic mass is 19.3. The van der Waals surface area contributed by atoms with Crippen LogP contribution < -0.4 is 25.8 Å². The first-order valence-electron chi connectivity index (χ1n) is 12.5. The minimum absolute atomic E-state index is 0.164. The van der Waals surface area contributed by atoms with Gasteiger partial charge in [-0.3, -0.25) is 4.79 Å². The van der Waals surface area contributed by atoms with Gasteiger partial charge in [-0.25, -0.2) is 18.7 Å². The highest BCUT2D eigenvalue weighted by Gasteiger charge is 2.45. The molecule has 3 aromatic carbocycles. The van der Waals surface area contributed by atoms with E-state index < -0.39 is 5.92 Å². The number of nitrogens with zero attached hydrogens (tertiary/aromatic N) is 2. The van der Waals surface area contributed by atoms with E-state index in [9.17, 15) is 13.6 Å². The molecule has 9 rings (SSSR count). The molecule has 198 valence electrons. The molecular formula is C29H25F2N5O3. The molecule has 1 fully saturated rings. The highest BCUT2D eigenvalue weighted by Crippen LogP contribution is 2.42. The van der Waals surface area contributed by atoms with Crippen molar-refractivity contribution in [3.05, 3.63) is 84.1 Å². The van der Waals surface area contributed by atoms with E-state index in [4.69, 9.17) is 15.2 Å². The van der Waals surface area contributed by atoms with Crippen LogP contribution in [-0.4, -0.2) is 28.4 Å². The predicted octanol–water partition coefficient (Wildman–Crippen LogP) is 6.04. The van der Waals surface area contributed by atoms with Crippen molar-refractivity contribution in [3.63, 3.8) is 0 Å². The third kappa shape index (κ3) is 5.45. The zero-order valence-corrected chi connectivity index (χ0v) is 20.8. The Hall–Kier alpha value is -4.73. The van der Waals surface area contributed by atoms with Gasteiger partial charge in [0.25, 0.3) is 5.91 Å². The first-order valence-corrected chi connectivity index (χ1v) is 12.5. The molecule has 10 heteroatoms. The fourth-order valence-electron chi connectivity index (χ4n) is 4.66. The number of carbonyl (C=O) groups excluding carboxylic acids is 1. The second-order valence-electron chi connectivity index (χ2n) is 9.72. The Morgan fingerprint density at radius 3 is 2.56 bits per heavy atom. The molecule has 0 spiro atoms. The van der Waals surface area contributed by atoms with Crippen LogP contribution in [0.15, 0.2) is 72.9 Å². The predicted molar refractivity (Wildman–Crippen MR) is 143 cm³/mol. The van der Waals surface area contributed by atoms with Crippen molar-refractivity contribution in [1.82, 2.24) is 9.97 Å². The molecule has 4 aromatic rings. The summed E-state index contributed by atoms with van der Waals surface area (Å²) < 4.78 is 38.5. The molecule has 1 saturated carbocycles. The maximum atomic E-state index is 13.3. The van der Waals surface area contributed by atoms with Crippen LogP contribution in [-0.2, 0) is 6.61 Å². The van der Waals surface area contributed by atoms with Crippen molar-refractivity contribution in [3.8, 4) is 22.8 Å². The SMILES string of the molecule is Nc1cc2ccc1-c1ccnc(n1)Nc1ccc(OCC3CC(F)(F)C3)c(c1)COc1ccc(cc1)NC2=O. The first kappa shape index (κ1) is 24.6. The standard InChI is InChI=1S/C29H25F2N5O3/c30-29(31)13-17(14-29)15-39-26-8-4-21-11-19(26)16-38-22-5-2-20(3-6-22)34-27(37)18-1-7-23(24(32)12-18)25-9-10-33-28(35-21)36-25/h1-12,17H,13-16,32H2,(H,34,37)(H,33,35,36). The van der Waals surface area contributed by atoms with Crippen molar-refractivity contribution >= 4 is 28.9 Å². The average molecular weight is 530 g/mol. The van der Waals surface area contributed by atoms with Crippen LogP contribution in [0.4, 0.5) is 31.8 Å². The molecule has 5 aliphatic rings. The molecule has 5 heterocycles. The van der Waals surface area contributed by atoms with Gasteiger partial charge in [-0.2, -0.15) is 0 Å². The second kappa shape index (κ2) is 9.86. The largest absolute Gasteiger partial charge is 0.493 e. The van der Waals surface area contributed by atoms with Crippen LogP contribution in [0, 0.1) is 5.92 Å². The summed E-state index contributed by atoms with van der Waals surface area (Å²) in [6.07, 6.45) is 1.29. The minimum atomic E-state index is -2.60. The molecule has 39 heavy (non-hydrogen) atoms. The number of ether oxygens (including phenoxy) is 2. The Kier molecular flexibility index (Phi) is 6.22. The molecule has 1 aromatic heterocycles. The summed E-state index contributed by atoms with van der Waals surface area (Å²) in [5.74, 6) is -1.60. The normalized spacial score (nSPS) is 16.1. The Labute approximate surface area is 223 Å². The van der Waals surface area contributed by atoms with Crippen LogP contribution in [0.2, 0.25) is 0 Å². The van der Waals surface area contributed by atoms with Crippen LogP contribution in [0.3, 0.4) is 0 Å². The molecule has 0 radical (unpaired) electrons. The number of benzene rings is 3. The fraction of sp³-hybridized carbons (Fsp3) is 0.207. The molecule has 4 N–H and O–H groups in total. The van der Waals surface area contributed by atoms with Crippen LogP contribution in [0.5, 0.6) is 11.5 Å². The fourth-order valence-corrected chi connectivity index (χ4v) is 4.66. The molecular weight excluding hydrogens is 504 g/mol. The number of anilines is 4. The summed E-state index contributed by atoms with van der Waals surface area (Å²) in [6.45, 7) is 0.369. The summed E-state index contributed by atoms with van der Waals surface area (Å²) >= 11 is 0. The van der Waals surface area contributed by atoms with Crippen molar-refractivity contribution in [2.75, 3.05) is 23.0 Å². The van der Waals surface area contributed by atoms with E-state index in [0.29, 0.717) is 51.3 Å². The van der Waals surface area contributed by atoms with Gasteiger partial charge in [0.15, 0.2) is 0 Å². The molecule has 0 atom stereocenters. The third-order valence-corrected chi connectivity index (χ3v) is 6.72. The molecule has 4 aliphatic heterocycles. The van der Waals surface area contributed by atoms with E-state index in [1.165, 1.54) is 0 Å². The van der Waals surface area contributed by atoms with Gasteiger partial charge in [0.2, 0.25) is 11.9 Å². The average Bonchev–Trinajstić information content (AvgIpc) is 2.90. The van der Waals surface area contributed by atoms with Crippen molar-refractivity contribution in [2.45, 2.75) is 25.4 Å². The van der Waals surface area contributed by atoms with Crippen molar-refractivity contribution < 1.29 is 23.0 Å². The number of nitrogens with two attached hydrogens (primary N) is 1. The Morgan fingerprint density at radius 1 is 1.00 bits per heavy atom. The van der Waals surface area contributed by atoms with Gasteiger partial charge in [-0.1, -0.05) is 0 Å². The van der Waals surface area contributed by atoms with Gasteiger partial charge >= 0.3 is 0 Å². The van der Waals surface area contributed by atoms with Crippen LogP contribution in [0.1, 0.15) is 28.8 Å². The number of nitrogens with one attached hydrogen (secondary N) is 2.